The predicted molar refractivity (Wildman–Crippen MR) is 83.7 cm³/mol. The number of methoxy groups -OCH3 is 1. The van der Waals surface area contributed by atoms with Crippen LogP contribution >= 0.6 is 0 Å². The molecule has 0 aliphatic carbocycles. The molecule has 2 aromatic carbocycles. The van der Waals surface area contributed by atoms with Crippen molar-refractivity contribution in [1.82, 2.24) is 0 Å². The molecule has 3 rings (SSSR count). The second-order valence-electron chi connectivity index (χ2n) is 5.11. The molecule has 0 fully saturated rings. The minimum absolute atomic E-state index is 0.0452. The zero-order valence-electron chi connectivity index (χ0n) is 11.9. The van der Waals surface area contributed by atoms with Crippen molar-refractivity contribution in [3.63, 3.8) is 0 Å². The maximum Gasteiger partial charge on any atom is 0.224 e. The van der Waals surface area contributed by atoms with Crippen LogP contribution in [0.25, 0.3) is 0 Å². The van der Waals surface area contributed by atoms with Crippen LogP contribution in [0.4, 0.5) is 11.4 Å². The van der Waals surface area contributed by atoms with Crippen molar-refractivity contribution in [3.05, 3.63) is 54.1 Å². The topological polar surface area (TPSA) is 50.4 Å². The molecule has 1 aliphatic rings. The first-order valence-electron chi connectivity index (χ1n) is 7.05. The quantitative estimate of drug-likeness (QED) is 0.885. The summed E-state index contributed by atoms with van der Waals surface area (Å²) in [5, 5.41) is 6.45. The summed E-state index contributed by atoms with van der Waals surface area (Å²) in [5.74, 6) is 0.812. The molecule has 0 saturated carbocycles. The maximum absolute atomic E-state index is 12.0. The molecule has 1 heterocycles. The van der Waals surface area contributed by atoms with Gasteiger partial charge >= 0.3 is 0 Å². The fourth-order valence-corrected chi connectivity index (χ4v) is 2.56. The number of hydrogen-bond acceptors (Lipinski definition) is 3. The first-order chi connectivity index (χ1) is 10.3. The third-order valence-electron chi connectivity index (χ3n) is 3.69. The van der Waals surface area contributed by atoms with Gasteiger partial charge in [-0.2, -0.15) is 0 Å². The summed E-state index contributed by atoms with van der Waals surface area (Å²) < 4.78 is 5.27. The van der Waals surface area contributed by atoms with Gasteiger partial charge in [-0.25, -0.2) is 0 Å². The molecule has 0 spiro atoms. The second kappa shape index (κ2) is 5.87. The summed E-state index contributed by atoms with van der Waals surface area (Å²) in [6.07, 6.45) is 1.25. The van der Waals surface area contributed by atoms with Crippen LogP contribution in [0.2, 0.25) is 0 Å². The Morgan fingerprint density at radius 3 is 2.67 bits per heavy atom. The number of carbonyl (C=O) groups excluding carboxylic acids is 1. The number of nitrogens with one attached hydrogen (secondary N) is 2. The number of fused-ring (bicyclic) bond motifs is 1. The summed E-state index contributed by atoms with van der Waals surface area (Å²) in [7, 11) is 1.64. The van der Waals surface area contributed by atoms with Gasteiger partial charge in [0.05, 0.1) is 24.5 Å². The van der Waals surface area contributed by atoms with Gasteiger partial charge in [0, 0.05) is 12.5 Å². The number of rotatable bonds is 2. The molecule has 1 unspecified atom stereocenters. The Labute approximate surface area is 124 Å². The molecule has 0 radical (unpaired) electrons. The molecule has 21 heavy (non-hydrogen) atoms. The summed E-state index contributed by atoms with van der Waals surface area (Å²) in [6, 6.07) is 15.9. The lowest BCUT2D eigenvalue weighted by Crippen LogP contribution is -2.21. The van der Waals surface area contributed by atoms with Crippen molar-refractivity contribution in [2.75, 3.05) is 17.7 Å². The molecule has 1 aliphatic heterocycles. The van der Waals surface area contributed by atoms with Gasteiger partial charge in [-0.15, -0.1) is 0 Å². The first-order valence-corrected chi connectivity index (χ1v) is 7.05. The molecule has 0 bridgehead atoms. The van der Waals surface area contributed by atoms with Crippen molar-refractivity contribution in [2.45, 2.75) is 18.9 Å². The molecule has 0 saturated heterocycles. The van der Waals surface area contributed by atoms with E-state index in [1.807, 2.05) is 36.4 Å². The van der Waals surface area contributed by atoms with E-state index in [4.69, 9.17) is 4.74 Å². The van der Waals surface area contributed by atoms with Gasteiger partial charge in [0.2, 0.25) is 5.91 Å². The van der Waals surface area contributed by atoms with Gasteiger partial charge < -0.3 is 15.4 Å². The fraction of sp³-hybridized carbons (Fsp3) is 0.235. The van der Waals surface area contributed by atoms with E-state index in [1.165, 1.54) is 5.56 Å². The molecule has 1 amide bonds. The molecule has 1 atom stereocenters. The highest BCUT2D eigenvalue weighted by Gasteiger charge is 2.19. The summed E-state index contributed by atoms with van der Waals surface area (Å²) in [6.45, 7) is 0. The van der Waals surface area contributed by atoms with Gasteiger partial charge in [-0.3, -0.25) is 4.79 Å². The summed E-state index contributed by atoms with van der Waals surface area (Å²) in [4.78, 5) is 12.0. The Balaban J connectivity index is 1.97. The summed E-state index contributed by atoms with van der Waals surface area (Å²) >= 11 is 0. The van der Waals surface area contributed by atoms with Crippen LogP contribution in [0.15, 0.2) is 48.5 Å². The third kappa shape index (κ3) is 2.99. The average molecular weight is 282 g/mol. The zero-order valence-corrected chi connectivity index (χ0v) is 11.9. The highest BCUT2D eigenvalue weighted by molar-refractivity contribution is 5.95. The van der Waals surface area contributed by atoms with Gasteiger partial charge in [0.25, 0.3) is 0 Å². The third-order valence-corrected chi connectivity index (χ3v) is 3.69. The highest BCUT2D eigenvalue weighted by atomic mass is 16.5. The normalized spacial score (nSPS) is 17.8. The van der Waals surface area contributed by atoms with Crippen molar-refractivity contribution in [1.29, 1.82) is 0 Å². The SMILES string of the molecule is COc1ccc2c(c1)NC(c1ccccc1)CCC(=O)N2. The number of benzene rings is 2. The van der Waals surface area contributed by atoms with Crippen molar-refractivity contribution < 1.29 is 9.53 Å². The Bertz CT molecular complexity index is 640. The fourth-order valence-electron chi connectivity index (χ4n) is 2.56. The Morgan fingerprint density at radius 2 is 1.90 bits per heavy atom. The number of amides is 1. The molecule has 4 heteroatoms. The van der Waals surface area contributed by atoms with E-state index in [-0.39, 0.29) is 11.9 Å². The maximum atomic E-state index is 12.0. The first kappa shape index (κ1) is 13.5. The Kier molecular flexibility index (Phi) is 3.77. The number of carbonyl (C=O) groups is 1. The van der Waals surface area contributed by atoms with E-state index < -0.39 is 0 Å². The largest absolute Gasteiger partial charge is 0.497 e. The highest BCUT2D eigenvalue weighted by Crippen LogP contribution is 2.34. The van der Waals surface area contributed by atoms with Crippen LogP contribution < -0.4 is 15.4 Å². The van der Waals surface area contributed by atoms with Crippen LogP contribution in [0.1, 0.15) is 24.4 Å². The molecule has 2 aromatic rings. The molecule has 108 valence electrons. The van der Waals surface area contributed by atoms with Crippen LogP contribution in [0.3, 0.4) is 0 Å². The number of ether oxygens (including phenoxy) is 1. The van der Waals surface area contributed by atoms with E-state index in [0.717, 1.165) is 23.5 Å². The van der Waals surface area contributed by atoms with Crippen molar-refractivity contribution >= 4 is 17.3 Å². The Morgan fingerprint density at radius 1 is 1.10 bits per heavy atom. The zero-order chi connectivity index (χ0) is 14.7. The van der Waals surface area contributed by atoms with Crippen LogP contribution in [-0.2, 0) is 4.79 Å². The van der Waals surface area contributed by atoms with Crippen molar-refractivity contribution in [2.24, 2.45) is 0 Å². The lowest BCUT2D eigenvalue weighted by atomic mass is 10.00. The minimum atomic E-state index is 0.0452. The monoisotopic (exact) mass is 282 g/mol. The van der Waals surface area contributed by atoms with E-state index in [2.05, 4.69) is 22.8 Å². The predicted octanol–water partition coefficient (Wildman–Crippen LogP) is 3.58. The molecule has 0 aromatic heterocycles. The van der Waals surface area contributed by atoms with E-state index >= 15 is 0 Å². The molecule has 2 N–H and O–H groups in total. The van der Waals surface area contributed by atoms with Crippen LogP contribution in [0.5, 0.6) is 5.75 Å². The number of anilines is 2. The lowest BCUT2D eigenvalue weighted by molar-refractivity contribution is -0.116. The minimum Gasteiger partial charge on any atom is -0.497 e. The smallest absolute Gasteiger partial charge is 0.224 e. The second-order valence-corrected chi connectivity index (χ2v) is 5.11. The lowest BCUT2D eigenvalue weighted by Gasteiger charge is -2.25. The average Bonchev–Trinajstić information content (AvgIpc) is 2.51. The number of hydrogen-bond donors (Lipinski definition) is 2. The Hall–Kier alpha value is -2.49. The van der Waals surface area contributed by atoms with Crippen LogP contribution in [0, 0.1) is 0 Å². The van der Waals surface area contributed by atoms with Gasteiger partial charge in [0.1, 0.15) is 5.75 Å². The molecule has 4 nitrogen and oxygen atoms in total. The van der Waals surface area contributed by atoms with Gasteiger partial charge in [-0.05, 0) is 24.1 Å². The van der Waals surface area contributed by atoms with Crippen molar-refractivity contribution in [3.8, 4) is 5.75 Å². The van der Waals surface area contributed by atoms with E-state index in [9.17, 15) is 4.79 Å². The van der Waals surface area contributed by atoms with Gasteiger partial charge in [0.15, 0.2) is 0 Å². The molecular weight excluding hydrogens is 264 g/mol. The standard InChI is InChI=1S/C17H18N2O2/c1-21-13-7-8-15-16(11-13)18-14(9-10-17(20)19-15)12-5-3-2-4-6-12/h2-8,11,14,18H,9-10H2,1H3,(H,19,20). The van der Waals surface area contributed by atoms with Crippen LogP contribution in [-0.4, -0.2) is 13.0 Å². The van der Waals surface area contributed by atoms with Gasteiger partial charge in [-0.1, -0.05) is 30.3 Å². The summed E-state index contributed by atoms with van der Waals surface area (Å²) in [5.41, 5.74) is 2.86. The molecular formula is C17H18N2O2. The van der Waals surface area contributed by atoms with E-state index in [1.54, 1.807) is 7.11 Å². The van der Waals surface area contributed by atoms with E-state index in [0.29, 0.717) is 6.42 Å².